The second-order valence-electron chi connectivity index (χ2n) is 3.74. The van der Waals surface area contributed by atoms with Crippen molar-refractivity contribution in [2.75, 3.05) is 0 Å². The van der Waals surface area contributed by atoms with Crippen LogP contribution < -0.4 is 0 Å². The smallest absolute Gasteiger partial charge is 0.0911 e. The van der Waals surface area contributed by atoms with Crippen molar-refractivity contribution in [2.45, 2.75) is 38.2 Å². The van der Waals surface area contributed by atoms with Crippen molar-refractivity contribution in [3.8, 4) is 12.3 Å². The molecule has 1 N–H and O–H groups in total. The summed E-state index contributed by atoms with van der Waals surface area (Å²) in [5.74, 6) is 2.46. The number of allylic oxidation sites excluding steroid dienone is 3. The molecule has 1 heteroatoms. The van der Waals surface area contributed by atoms with Crippen LogP contribution in [0.15, 0.2) is 23.8 Å². The van der Waals surface area contributed by atoms with Gasteiger partial charge in [0.25, 0.3) is 0 Å². The Morgan fingerprint density at radius 2 is 2.54 bits per heavy atom. The van der Waals surface area contributed by atoms with E-state index in [9.17, 15) is 5.11 Å². The van der Waals surface area contributed by atoms with Gasteiger partial charge in [-0.05, 0) is 26.2 Å². The van der Waals surface area contributed by atoms with Crippen molar-refractivity contribution >= 4 is 0 Å². The molecule has 1 nitrogen and oxygen atoms in total. The molecule has 0 aromatic rings. The highest BCUT2D eigenvalue weighted by Gasteiger charge is 2.14. The minimum absolute atomic E-state index is 0.372. The lowest BCUT2D eigenvalue weighted by molar-refractivity contribution is 0.117. The van der Waals surface area contributed by atoms with Crippen molar-refractivity contribution in [3.05, 3.63) is 23.8 Å². The van der Waals surface area contributed by atoms with Crippen LogP contribution in [0, 0.1) is 12.3 Å². The number of hydrogen-bond donors (Lipinski definition) is 1. The lowest BCUT2D eigenvalue weighted by Crippen LogP contribution is -2.19. The average Bonchev–Trinajstić information content (AvgIpc) is 2.52. The van der Waals surface area contributed by atoms with Crippen LogP contribution in [-0.4, -0.2) is 10.7 Å². The second-order valence-corrected chi connectivity index (χ2v) is 3.74. The first-order chi connectivity index (χ1) is 6.14. The molecule has 0 aliphatic heterocycles. The first-order valence-corrected chi connectivity index (χ1v) is 4.68. The Morgan fingerprint density at radius 3 is 3.08 bits per heavy atom. The maximum atomic E-state index is 9.72. The normalized spacial score (nSPS) is 21.2. The zero-order chi connectivity index (χ0) is 9.73. The summed E-state index contributed by atoms with van der Waals surface area (Å²) >= 11 is 0. The summed E-state index contributed by atoms with van der Waals surface area (Å²) in [4.78, 5) is 0. The Labute approximate surface area is 80.2 Å². The number of terminal acetylenes is 1. The fraction of sp³-hybridized carbons (Fsp3) is 0.500. The Balaban J connectivity index is 2.51. The summed E-state index contributed by atoms with van der Waals surface area (Å²) in [6, 6.07) is 0. The summed E-state index contributed by atoms with van der Waals surface area (Å²) in [5.41, 5.74) is 0.468. The van der Waals surface area contributed by atoms with Crippen LogP contribution >= 0.6 is 0 Å². The maximum Gasteiger partial charge on any atom is 0.0911 e. The second kappa shape index (κ2) is 4.30. The highest BCUT2D eigenvalue weighted by molar-refractivity contribution is 5.24. The van der Waals surface area contributed by atoms with E-state index in [0.29, 0.717) is 6.42 Å². The highest BCUT2D eigenvalue weighted by atomic mass is 16.3. The monoisotopic (exact) mass is 176 g/mol. The zero-order valence-corrected chi connectivity index (χ0v) is 8.09. The van der Waals surface area contributed by atoms with E-state index >= 15 is 0 Å². The van der Waals surface area contributed by atoms with Crippen molar-refractivity contribution in [3.63, 3.8) is 0 Å². The molecule has 0 heterocycles. The lowest BCUT2D eigenvalue weighted by atomic mass is 10.0. The van der Waals surface area contributed by atoms with Crippen molar-refractivity contribution in [1.29, 1.82) is 0 Å². The van der Waals surface area contributed by atoms with Gasteiger partial charge in [-0.2, -0.15) is 0 Å². The van der Waals surface area contributed by atoms with Gasteiger partial charge in [-0.25, -0.2) is 0 Å². The van der Waals surface area contributed by atoms with Gasteiger partial charge in [-0.1, -0.05) is 23.8 Å². The molecule has 70 valence electrons. The predicted octanol–water partition coefficient (Wildman–Crippen LogP) is 2.43. The SMILES string of the molecule is C#CCC(C)(O)/C=C/C1=CCCC1. The average molecular weight is 176 g/mol. The van der Waals surface area contributed by atoms with Crippen molar-refractivity contribution in [2.24, 2.45) is 0 Å². The van der Waals surface area contributed by atoms with Gasteiger partial charge in [0.05, 0.1) is 5.60 Å². The van der Waals surface area contributed by atoms with Gasteiger partial charge in [-0.15, -0.1) is 12.3 Å². The molecule has 13 heavy (non-hydrogen) atoms. The molecule has 1 rings (SSSR count). The Bertz CT molecular complexity index is 263. The van der Waals surface area contributed by atoms with Crippen LogP contribution in [0.5, 0.6) is 0 Å². The third-order valence-corrected chi connectivity index (χ3v) is 2.19. The third kappa shape index (κ3) is 3.48. The molecule has 0 fully saturated rings. The van der Waals surface area contributed by atoms with Crippen molar-refractivity contribution in [1.82, 2.24) is 0 Å². The molecule has 0 saturated carbocycles. The topological polar surface area (TPSA) is 20.2 Å². The molecule has 1 aliphatic carbocycles. The maximum absolute atomic E-state index is 9.72. The minimum atomic E-state index is -0.849. The molecule has 0 aromatic heterocycles. The molecule has 0 aromatic carbocycles. The molecule has 1 aliphatic rings. The first kappa shape index (κ1) is 10.1. The van der Waals surface area contributed by atoms with Crippen molar-refractivity contribution < 1.29 is 5.11 Å². The van der Waals surface area contributed by atoms with Crippen LogP contribution in [0.3, 0.4) is 0 Å². The molecule has 0 saturated heterocycles. The van der Waals surface area contributed by atoms with Crippen LogP contribution in [0.1, 0.15) is 32.6 Å². The predicted molar refractivity (Wildman–Crippen MR) is 55.1 cm³/mol. The first-order valence-electron chi connectivity index (χ1n) is 4.68. The number of rotatable bonds is 3. The van der Waals surface area contributed by atoms with E-state index < -0.39 is 5.60 Å². The Hall–Kier alpha value is -1.00. The van der Waals surface area contributed by atoms with E-state index in [1.54, 1.807) is 13.0 Å². The van der Waals surface area contributed by atoms with Crippen LogP contribution in [-0.2, 0) is 0 Å². The van der Waals surface area contributed by atoms with Gasteiger partial charge in [-0.3, -0.25) is 0 Å². The summed E-state index contributed by atoms with van der Waals surface area (Å²) in [6.07, 6.45) is 15.0. The molecule has 0 radical (unpaired) electrons. The van der Waals surface area contributed by atoms with E-state index in [1.807, 2.05) is 6.08 Å². The summed E-state index contributed by atoms with van der Waals surface area (Å²) in [7, 11) is 0. The third-order valence-electron chi connectivity index (χ3n) is 2.19. The van der Waals surface area contributed by atoms with E-state index in [0.717, 1.165) is 12.8 Å². The molecule has 0 bridgehead atoms. The largest absolute Gasteiger partial charge is 0.385 e. The standard InChI is InChI=1S/C12H16O/c1-3-9-12(2,13)10-8-11-6-4-5-7-11/h1,6,8,10,13H,4-5,7,9H2,2H3/b10-8+. The van der Waals surface area contributed by atoms with E-state index in [1.165, 1.54) is 12.0 Å². The number of hydrogen-bond acceptors (Lipinski definition) is 1. The highest BCUT2D eigenvalue weighted by Crippen LogP contribution is 2.20. The van der Waals surface area contributed by atoms with Crippen LogP contribution in [0.25, 0.3) is 0 Å². The fourth-order valence-corrected chi connectivity index (χ4v) is 1.40. The van der Waals surface area contributed by atoms with Gasteiger partial charge < -0.3 is 5.11 Å². The lowest BCUT2D eigenvalue weighted by Gasteiger charge is -2.14. The molecule has 0 amide bonds. The van der Waals surface area contributed by atoms with Gasteiger partial charge in [0.15, 0.2) is 0 Å². The Kier molecular flexibility index (Phi) is 3.33. The number of aliphatic hydroxyl groups is 1. The van der Waals surface area contributed by atoms with Gasteiger partial charge >= 0.3 is 0 Å². The fourth-order valence-electron chi connectivity index (χ4n) is 1.40. The van der Waals surface area contributed by atoms with Gasteiger partial charge in [0.2, 0.25) is 0 Å². The van der Waals surface area contributed by atoms with E-state index in [2.05, 4.69) is 12.0 Å². The summed E-state index contributed by atoms with van der Waals surface area (Å²) in [6.45, 7) is 1.73. The van der Waals surface area contributed by atoms with E-state index in [-0.39, 0.29) is 0 Å². The zero-order valence-electron chi connectivity index (χ0n) is 8.09. The Morgan fingerprint density at radius 1 is 1.77 bits per heavy atom. The van der Waals surface area contributed by atoms with Crippen LogP contribution in [0.4, 0.5) is 0 Å². The van der Waals surface area contributed by atoms with Gasteiger partial charge in [0.1, 0.15) is 0 Å². The molecule has 0 spiro atoms. The van der Waals surface area contributed by atoms with E-state index in [4.69, 9.17) is 6.42 Å². The summed E-state index contributed by atoms with van der Waals surface area (Å²) in [5, 5.41) is 9.72. The summed E-state index contributed by atoms with van der Waals surface area (Å²) < 4.78 is 0. The quantitative estimate of drug-likeness (QED) is 0.655. The molecule has 1 unspecified atom stereocenters. The molecule has 1 atom stereocenters. The molecular weight excluding hydrogens is 160 g/mol. The van der Waals surface area contributed by atoms with Gasteiger partial charge in [0, 0.05) is 6.42 Å². The van der Waals surface area contributed by atoms with Crippen LogP contribution in [0.2, 0.25) is 0 Å². The minimum Gasteiger partial charge on any atom is -0.385 e. The molecular formula is C12H16O.